The van der Waals surface area contributed by atoms with E-state index in [0.29, 0.717) is 11.1 Å². The highest BCUT2D eigenvalue weighted by molar-refractivity contribution is 9.09. The van der Waals surface area contributed by atoms with Gasteiger partial charge < -0.3 is 5.32 Å². The van der Waals surface area contributed by atoms with Gasteiger partial charge in [0.25, 0.3) is 5.91 Å². The lowest BCUT2D eigenvalue weighted by atomic mass is 10.3. The van der Waals surface area contributed by atoms with Gasteiger partial charge in [-0.05, 0) is 12.1 Å². The Labute approximate surface area is 73.0 Å². The summed E-state index contributed by atoms with van der Waals surface area (Å²) < 4.78 is 0. The van der Waals surface area contributed by atoms with Gasteiger partial charge >= 0.3 is 0 Å². The first-order valence-electron chi connectivity index (χ1n) is 3.10. The van der Waals surface area contributed by atoms with Gasteiger partial charge in [-0.2, -0.15) is 0 Å². The van der Waals surface area contributed by atoms with Crippen LogP contribution in [0.2, 0.25) is 0 Å². The molecule has 0 radical (unpaired) electrons. The van der Waals surface area contributed by atoms with Crippen LogP contribution in [-0.2, 0) is 0 Å². The van der Waals surface area contributed by atoms with Crippen LogP contribution in [0.1, 0.15) is 10.5 Å². The number of amides is 1. The van der Waals surface area contributed by atoms with E-state index >= 15 is 0 Å². The maximum atomic E-state index is 11.0. The van der Waals surface area contributed by atoms with E-state index in [2.05, 4.69) is 26.2 Å². The van der Waals surface area contributed by atoms with E-state index in [0.717, 1.165) is 0 Å². The summed E-state index contributed by atoms with van der Waals surface area (Å²) in [6.07, 6.45) is 1.59. The predicted octanol–water partition coefficient (Wildman–Crippen LogP) is 1.16. The topological polar surface area (TPSA) is 42.0 Å². The van der Waals surface area contributed by atoms with E-state index in [-0.39, 0.29) is 5.91 Å². The van der Waals surface area contributed by atoms with Crippen LogP contribution in [0.15, 0.2) is 24.4 Å². The van der Waals surface area contributed by atoms with Crippen molar-refractivity contribution in [2.75, 3.05) is 5.45 Å². The molecule has 1 rings (SSSR count). The molecule has 0 aliphatic carbocycles. The van der Waals surface area contributed by atoms with Crippen LogP contribution in [0.25, 0.3) is 0 Å². The number of aromatic nitrogens is 1. The molecule has 0 bridgehead atoms. The van der Waals surface area contributed by atoms with Gasteiger partial charge in [-0.15, -0.1) is 0 Å². The van der Waals surface area contributed by atoms with Crippen LogP contribution in [0, 0.1) is 0 Å². The second-order valence-corrected chi connectivity index (χ2v) is 2.42. The second kappa shape index (κ2) is 4.08. The van der Waals surface area contributed by atoms with Gasteiger partial charge in [-0.1, -0.05) is 22.0 Å². The van der Waals surface area contributed by atoms with Crippen molar-refractivity contribution < 1.29 is 4.79 Å². The number of nitrogens with one attached hydrogen (secondary N) is 1. The molecular formula is C7H7BrN2O. The fourth-order valence-corrected chi connectivity index (χ4v) is 0.903. The molecule has 0 atom stereocenters. The van der Waals surface area contributed by atoms with Crippen molar-refractivity contribution >= 4 is 21.8 Å². The number of pyridine rings is 1. The lowest BCUT2D eigenvalue weighted by Crippen LogP contribution is -2.22. The fourth-order valence-electron chi connectivity index (χ4n) is 0.648. The Morgan fingerprint density at radius 3 is 3.00 bits per heavy atom. The van der Waals surface area contributed by atoms with Gasteiger partial charge in [-0.3, -0.25) is 9.78 Å². The van der Waals surface area contributed by atoms with Crippen molar-refractivity contribution in [3.05, 3.63) is 30.1 Å². The maximum absolute atomic E-state index is 11.0. The summed E-state index contributed by atoms with van der Waals surface area (Å²) in [6.45, 7) is 0. The van der Waals surface area contributed by atoms with E-state index in [1.807, 2.05) is 0 Å². The summed E-state index contributed by atoms with van der Waals surface area (Å²) in [5.41, 5.74) is 0.884. The van der Waals surface area contributed by atoms with Crippen molar-refractivity contribution in [3.63, 3.8) is 0 Å². The van der Waals surface area contributed by atoms with Gasteiger partial charge in [0.1, 0.15) is 5.69 Å². The smallest absolute Gasteiger partial charge is 0.270 e. The van der Waals surface area contributed by atoms with E-state index in [1.54, 1.807) is 24.4 Å². The fraction of sp³-hybridized carbons (Fsp3) is 0.143. The Morgan fingerprint density at radius 2 is 2.45 bits per heavy atom. The molecule has 0 spiro atoms. The molecule has 11 heavy (non-hydrogen) atoms. The summed E-state index contributed by atoms with van der Waals surface area (Å²) >= 11 is 3.09. The predicted molar refractivity (Wildman–Crippen MR) is 45.5 cm³/mol. The normalized spacial score (nSPS) is 9.18. The summed E-state index contributed by atoms with van der Waals surface area (Å²) in [5, 5.41) is 2.58. The van der Waals surface area contributed by atoms with Crippen LogP contribution in [0.4, 0.5) is 0 Å². The van der Waals surface area contributed by atoms with Crippen molar-refractivity contribution in [1.82, 2.24) is 10.3 Å². The highest BCUT2D eigenvalue weighted by atomic mass is 79.9. The highest BCUT2D eigenvalue weighted by Gasteiger charge is 2.02. The van der Waals surface area contributed by atoms with Crippen LogP contribution in [0.5, 0.6) is 0 Å². The third kappa shape index (κ3) is 2.31. The lowest BCUT2D eigenvalue weighted by Gasteiger charge is -1.97. The van der Waals surface area contributed by atoms with Crippen LogP contribution < -0.4 is 5.32 Å². The Hall–Kier alpha value is -0.900. The number of hydrogen-bond acceptors (Lipinski definition) is 2. The molecule has 1 N–H and O–H groups in total. The lowest BCUT2D eigenvalue weighted by molar-refractivity contribution is 0.0956. The number of carbonyl (C=O) groups excluding carboxylic acids is 1. The minimum atomic E-state index is -0.164. The van der Waals surface area contributed by atoms with Gasteiger partial charge in [0.05, 0.1) is 5.45 Å². The maximum Gasteiger partial charge on any atom is 0.270 e. The monoisotopic (exact) mass is 214 g/mol. The SMILES string of the molecule is O=C(NCBr)c1ccccn1. The van der Waals surface area contributed by atoms with Gasteiger partial charge in [0.2, 0.25) is 0 Å². The summed E-state index contributed by atoms with van der Waals surface area (Å²) in [7, 11) is 0. The van der Waals surface area contributed by atoms with Gasteiger partial charge in [0, 0.05) is 6.20 Å². The molecule has 0 fully saturated rings. The molecule has 58 valence electrons. The van der Waals surface area contributed by atoms with Gasteiger partial charge in [0.15, 0.2) is 0 Å². The quantitative estimate of drug-likeness (QED) is 0.594. The van der Waals surface area contributed by atoms with E-state index in [1.165, 1.54) is 0 Å². The molecule has 4 heteroatoms. The van der Waals surface area contributed by atoms with Crippen LogP contribution in [-0.4, -0.2) is 16.3 Å². The van der Waals surface area contributed by atoms with Crippen LogP contribution in [0.3, 0.4) is 0 Å². The molecule has 0 saturated carbocycles. The summed E-state index contributed by atoms with van der Waals surface area (Å²) in [5.74, 6) is -0.164. The summed E-state index contributed by atoms with van der Waals surface area (Å²) in [4.78, 5) is 14.9. The standard InChI is InChI=1S/C7H7BrN2O/c8-5-10-7(11)6-3-1-2-4-9-6/h1-4H,5H2,(H,10,11). The van der Waals surface area contributed by atoms with E-state index in [4.69, 9.17) is 0 Å². The van der Waals surface area contributed by atoms with E-state index in [9.17, 15) is 4.79 Å². The second-order valence-electron chi connectivity index (χ2n) is 1.85. The molecule has 1 heterocycles. The molecule has 3 nitrogen and oxygen atoms in total. The molecule has 0 aliphatic rings. The zero-order chi connectivity index (χ0) is 8.10. The van der Waals surface area contributed by atoms with Crippen LogP contribution >= 0.6 is 15.9 Å². The van der Waals surface area contributed by atoms with Gasteiger partial charge in [-0.25, -0.2) is 0 Å². The van der Waals surface area contributed by atoms with Crippen molar-refractivity contribution in [3.8, 4) is 0 Å². The molecule has 0 aliphatic heterocycles. The molecule has 1 aromatic rings. The van der Waals surface area contributed by atoms with Crippen molar-refractivity contribution in [2.24, 2.45) is 0 Å². The number of nitrogens with zero attached hydrogens (tertiary/aromatic N) is 1. The first kappa shape index (κ1) is 8.20. The zero-order valence-corrected chi connectivity index (χ0v) is 7.34. The molecule has 0 unspecified atom stereocenters. The molecule has 0 saturated heterocycles. The number of hydrogen-bond donors (Lipinski definition) is 1. The largest absolute Gasteiger partial charge is 0.341 e. The molecule has 1 amide bonds. The average Bonchev–Trinajstić information content (AvgIpc) is 2.07. The van der Waals surface area contributed by atoms with Crippen molar-refractivity contribution in [1.29, 1.82) is 0 Å². The zero-order valence-electron chi connectivity index (χ0n) is 5.75. The first-order chi connectivity index (χ1) is 5.34. The Bertz CT molecular complexity index is 237. The molecule has 0 aromatic carbocycles. The number of halogens is 1. The number of carbonyl (C=O) groups is 1. The Kier molecular flexibility index (Phi) is 3.04. The minimum absolute atomic E-state index is 0.164. The van der Waals surface area contributed by atoms with Crippen molar-refractivity contribution in [2.45, 2.75) is 0 Å². The number of rotatable bonds is 2. The number of alkyl halides is 1. The first-order valence-corrected chi connectivity index (χ1v) is 4.22. The summed E-state index contributed by atoms with van der Waals surface area (Å²) in [6, 6.07) is 5.21. The Balaban J connectivity index is 2.69. The molecular weight excluding hydrogens is 208 g/mol. The third-order valence-electron chi connectivity index (χ3n) is 1.12. The molecule has 1 aromatic heterocycles. The minimum Gasteiger partial charge on any atom is -0.341 e. The third-order valence-corrected chi connectivity index (χ3v) is 1.41. The average molecular weight is 215 g/mol. The van der Waals surface area contributed by atoms with E-state index < -0.39 is 0 Å². The Morgan fingerprint density at radius 1 is 1.64 bits per heavy atom. The highest BCUT2D eigenvalue weighted by Crippen LogP contribution is 1.92.